The molecule has 0 fully saturated rings. The fourth-order valence-electron chi connectivity index (χ4n) is 2.27. The number of nitrogens with two attached hydrogens (primary N) is 1. The van der Waals surface area contributed by atoms with Crippen LogP contribution in [0.1, 0.15) is 0 Å². The molecular weight excluding hydrogens is 424 g/mol. The number of ether oxygens (including phenoxy) is 1. The normalized spacial score (nSPS) is 11.8. The van der Waals surface area contributed by atoms with Crippen LogP contribution in [0.15, 0.2) is 82.6 Å². The molecule has 0 aliphatic carbocycles. The standard InChI is InChI=1S/C18H15ClN2O5S2/c19-17-3-1-2-4-18(17)26-14-7-11-16(12-8-14)28(24,25)21-13-5-9-15(10-6-13)27(20,22)23/h1-12,21H,(H2,20,22,23). The summed E-state index contributed by atoms with van der Waals surface area (Å²) in [5.41, 5.74) is 0.198. The van der Waals surface area contributed by atoms with Crippen molar-refractivity contribution in [3.8, 4) is 11.5 Å². The highest BCUT2D eigenvalue weighted by Crippen LogP contribution is 2.29. The third-order valence-electron chi connectivity index (χ3n) is 3.63. The summed E-state index contributed by atoms with van der Waals surface area (Å²) >= 11 is 6.03. The molecule has 0 aliphatic heterocycles. The third kappa shape index (κ3) is 4.82. The Morgan fingerprint density at radius 1 is 0.786 bits per heavy atom. The van der Waals surface area contributed by atoms with Gasteiger partial charge in [-0.15, -0.1) is 0 Å². The molecule has 0 saturated carbocycles. The number of hydrogen-bond acceptors (Lipinski definition) is 5. The maximum Gasteiger partial charge on any atom is 0.261 e. The molecule has 0 bridgehead atoms. The van der Waals surface area contributed by atoms with Crippen molar-refractivity contribution in [2.75, 3.05) is 4.72 Å². The van der Waals surface area contributed by atoms with Crippen LogP contribution >= 0.6 is 11.6 Å². The molecule has 10 heteroatoms. The van der Waals surface area contributed by atoms with Crippen LogP contribution in [-0.2, 0) is 20.0 Å². The van der Waals surface area contributed by atoms with Crippen LogP contribution in [0.5, 0.6) is 11.5 Å². The van der Waals surface area contributed by atoms with Crippen LogP contribution in [0.4, 0.5) is 5.69 Å². The highest BCUT2D eigenvalue weighted by Gasteiger charge is 2.15. The molecule has 3 aromatic carbocycles. The van der Waals surface area contributed by atoms with E-state index in [1.54, 1.807) is 24.3 Å². The molecule has 146 valence electrons. The van der Waals surface area contributed by atoms with Gasteiger partial charge in [-0.25, -0.2) is 22.0 Å². The molecule has 0 unspecified atom stereocenters. The van der Waals surface area contributed by atoms with Gasteiger partial charge in [0.25, 0.3) is 10.0 Å². The van der Waals surface area contributed by atoms with Crippen molar-refractivity contribution in [1.29, 1.82) is 0 Å². The number of primary sulfonamides is 1. The molecule has 0 spiro atoms. The minimum absolute atomic E-state index is 0.00883. The first-order valence-corrected chi connectivity index (χ1v) is 11.2. The Kier molecular flexibility index (Phi) is 5.61. The fraction of sp³-hybridized carbons (Fsp3) is 0. The number of benzene rings is 3. The Morgan fingerprint density at radius 3 is 1.93 bits per heavy atom. The zero-order chi connectivity index (χ0) is 20.4. The van der Waals surface area contributed by atoms with Gasteiger partial charge in [0, 0.05) is 5.69 Å². The van der Waals surface area contributed by atoms with Crippen LogP contribution < -0.4 is 14.6 Å². The Hall–Kier alpha value is -2.59. The zero-order valence-corrected chi connectivity index (χ0v) is 16.6. The smallest absolute Gasteiger partial charge is 0.261 e. The number of rotatable bonds is 6. The van der Waals surface area contributed by atoms with Crippen molar-refractivity contribution >= 4 is 37.3 Å². The van der Waals surface area contributed by atoms with E-state index in [1.165, 1.54) is 48.5 Å². The molecule has 0 aliphatic rings. The van der Waals surface area contributed by atoms with Crippen molar-refractivity contribution in [2.24, 2.45) is 5.14 Å². The average molecular weight is 439 g/mol. The van der Waals surface area contributed by atoms with Crippen molar-refractivity contribution in [3.63, 3.8) is 0 Å². The predicted octanol–water partition coefficient (Wildman–Crippen LogP) is 3.58. The molecule has 7 nitrogen and oxygen atoms in total. The van der Waals surface area contributed by atoms with E-state index in [1.807, 2.05) is 0 Å². The summed E-state index contributed by atoms with van der Waals surface area (Å²) in [4.78, 5) is -0.106. The van der Waals surface area contributed by atoms with Crippen LogP contribution in [0.2, 0.25) is 5.02 Å². The second kappa shape index (κ2) is 7.80. The Balaban J connectivity index is 1.76. The van der Waals surface area contributed by atoms with Crippen LogP contribution in [0, 0.1) is 0 Å². The van der Waals surface area contributed by atoms with Gasteiger partial charge in [-0.3, -0.25) is 4.72 Å². The lowest BCUT2D eigenvalue weighted by Crippen LogP contribution is -2.14. The fourth-order valence-corrected chi connectivity index (χ4v) is 4.02. The number of nitrogens with one attached hydrogen (secondary N) is 1. The molecule has 0 saturated heterocycles. The van der Waals surface area contributed by atoms with Crippen molar-refractivity contribution in [2.45, 2.75) is 9.79 Å². The lowest BCUT2D eigenvalue weighted by molar-refractivity contribution is 0.482. The highest BCUT2D eigenvalue weighted by atomic mass is 35.5. The summed E-state index contributed by atoms with van der Waals surface area (Å²) in [7, 11) is -7.72. The summed E-state index contributed by atoms with van der Waals surface area (Å²) < 4.78 is 55.5. The van der Waals surface area contributed by atoms with Crippen LogP contribution in [-0.4, -0.2) is 16.8 Å². The number of sulfonamides is 2. The van der Waals surface area contributed by atoms with Crippen molar-refractivity contribution in [1.82, 2.24) is 0 Å². The summed E-state index contributed by atoms with van der Waals surface area (Å²) in [6.45, 7) is 0. The monoisotopic (exact) mass is 438 g/mol. The van der Waals surface area contributed by atoms with Gasteiger partial charge in [0.2, 0.25) is 10.0 Å². The minimum atomic E-state index is -3.87. The average Bonchev–Trinajstić information content (AvgIpc) is 2.63. The molecular formula is C18H15ClN2O5S2. The SMILES string of the molecule is NS(=O)(=O)c1ccc(NS(=O)(=O)c2ccc(Oc3ccccc3Cl)cc2)cc1. The molecule has 3 N–H and O–H groups in total. The number of para-hydroxylation sites is 1. The van der Waals surface area contributed by atoms with Gasteiger partial charge in [-0.2, -0.15) is 0 Å². The Labute approximate surface area is 167 Å². The summed E-state index contributed by atoms with van der Waals surface area (Å²) in [6, 6.07) is 17.7. The van der Waals surface area contributed by atoms with E-state index in [9.17, 15) is 16.8 Å². The maximum atomic E-state index is 12.5. The van der Waals surface area contributed by atoms with Gasteiger partial charge in [0.15, 0.2) is 0 Å². The molecule has 0 aromatic heterocycles. The summed E-state index contributed by atoms with van der Waals surface area (Å²) in [5, 5.41) is 5.45. The Morgan fingerprint density at radius 2 is 1.36 bits per heavy atom. The van der Waals surface area contributed by atoms with E-state index in [0.29, 0.717) is 16.5 Å². The Bertz CT molecular complexity index is 1190. The van der Waals surface area contributed by atoms with E-state index < -0.39 is 20.0 Å². The van der Waals surface area contributed by atoms with Gasteiger partial charge < -0.3 is 4.74 Å². The molecule has 0 amide bonds. The second-order valence-corrected chi connectivity index (χ2v) is 9.33. The zero-order valence-electron chi connectivity index (χ0n) is 14.2. The van der Waals surface area contributed by atoms with Crippen LogP contribution in [0.25, 0.3) is 0 Å². The van der Waals surface area contributed by atoms with Gasteiger partial charge in [0.1, 0.15) is 11.5 Å². The lowest BCUT2D eigenvalue weighted by atomic mass is 10.3. The van der Waals surface area contributed by atoms with Gasteiger partial charge in [0.05, 0.1) is 14.8 Å². The van der Waals surface area contributed by atoms with E-state index >= 15 is 0 Å². The summed E-state index contributed by atoms with van der Waals surface area (Å²) in [6.07, 6.45) is 0. The lowest BCUT2D eigenvalue weighted by Gasteiger charge is -2.10. The van der Waals surface area contributed by atoms with E-state index in [2.05, 4.69) is 4.72 Å². The van der Waals surface area contributed by atoms with E-state index in [-0.39, 0.29) is 15.5 Å². The summed E-state index contributed by atoms with van der Waals surface area (Å²) in [5.74, 6) is 0.873. The number of halogens is 1. The van der Waals surface area contributed by atoms with Crippen molar-refractivity contribution < 1.29 is 21.6 Å². The second-order valence-electron chi connectivity index (χ2n) is 5.68. The first kappa shape index (κ1) is 20.2. The van der Waals surface area contributed by atoms with Gasteiger partial charge >= 0.3 is 0 Å². The third-order valence-corrected chi connectivity index (χ3v) is 6.27. The molecule has 0 radical (unpaired) electrons. The number of anilines is 1. The number of hydrogen-bond donors (Lipinski definition) is 2. The largest absolute Gasteiger partial charge is 0.456 e. The molecule has 0 atom stereocenters. The molecule has 28 heavy (non-hydrogen) atoms. The maximum absolute atomic E-state index is 12.5. The van der Waals surface area contributed by atoms with E-state index in [0.717, 1.165) is 0 Å². The van der Waals surface area contributed by atoms with Crippen molar-refractivity contribution in [3.05, 3.63) is 77.8 Å². The predicted molar refractivity (Wildman–Crippen MR) is 107 cm³/mol. The molecule has 3 aromatic rings. The van der Waals surface area contributed by atoms with Crippen LogP contribution in [0.3, 0.4) is 0 Å². The first-order valence-electron chi connectivity index (χ1n) is 7.83. The highest BCUT2D eigenvalue weighted by molar-refractivity contribution is 7.92. The quantitative estimate of drug-likeness (QED) is 0.610. The first-order chi connectivity index (χ1) is 13.1. The molecule has 3 rings (SSSR count). The minimum Gasteiger partial charge on any atom is -0.456 e. The topological polar surface area (TPSA) is 116 Å². The molecule has 0 heterocycles. The van der Waals surface area contributed by atoms with Gasteiger partial charge in [-0.1, -0.05) is 23.7 Å². The van der Waals surface area contributed by atoms with Gasteiger partial charge in [-0.05, 0) is 60.7 Å². The van der Waals surface area contributed by atoms with E-state index in [4.69, 9.17) is 21.5 Å².